The molecule has 2 atom stereocenters. The monoisotopic (exact) mass is 535 g/mol. The number of carbonyl (C=O) groups is 1. The van der Waals surface area contributed by atoms with Gasteiger partial charge < -0.3 is 14.4 Å². The van der Waals surface area contributed by atoms with Gasteiger partial charge in [0.1, 0.15) is 22.9 Å². The lowest BCUT2D eigenvalue weighted by Gasteiger charge is -2.36. The zero-order chi connectivity index (χ0) is 27.9. The Morgan fingerprint density at radius 1 is 1.00 bits per heavy atom. The summed E-state index contributed by atoms with van der Waals surface area (Å²) < 4.78 is 13.5. The number of rotatable bonds is 4. The summed E-state index contributed by atoms with van der Waals surface area (Å²) in [6, 6.07) is 22.7. The topological polar surface area (TPSA) is 92.8 Å². The summed E-state index contributed by atoms with van der Waals surface area (Å²) in [6.07, 6.45) is 4.19. The van der Waals surface area contributed by atoms with Gasteiger partial charge in [0.05, 0.1) is 12.2 Å². The van der Waals surface area contributed by atoms with E-state index < -0.39 is 5.60 Å². The maximum absolute atomic E-state index is 12.5. The number of nitrogens with zero attached hydrogens (tertiary/aromatic N) is 5. The summed E-state index contributed by atoms with van der Waals surface area (Å²) in [6.45, 7) is 6.85. The van der Waals surface area contributed by atoms with E-state index in [1.54, 1.807) is 11.1 Å². The molecule has 0 N–H and O–H groups in total. The van der Waals surface area contributed by atoms with Crippen molar-refractivity contribution in [3.8, 4) is 17.3 Å². The van der Waals surface area contributed by atoms with Crippen LogP contribution >= 0.6 is 0 Å². The van der Waals surface area contributed by atoms with E-state index in [4.69, 9.17) is 14.6 Å². The van der Waals surface area contributed by atoms with Crippen LogP contribution in [0.3, 0.4) is 0 Å². The molecule has 2 aliphatic heterocycles. The molecule has 2 unspecified atom stereocenters. The maximum atomic E-state index is 12.5. The maximum Gasteiger partial charge on any atom is 0.410 e. The molecular weight excluding hydrogens is 502 g/mol. The molecule has 6 rings (SSSR count). The van der Waals surface area contributed by atoms with E-state index >= 15 is 0 Å². The predicted octanol–water partition coefficient (Wildman–Crippen LogP) is 6.59. The first-order valence-electron chi connectivity index (χ1n) is 13.9. The van der Waals surface area contributed by atoms with Crippen molar-refractivity contribution in [2.75, 3.05) is 13.1 Å². The van der Waals surface area contributed by atoms with E-state index in [-0.39, 0.29) is 24.2 Å². The number of amides is 1. The van der Waals surface area contributed by atoms with Crippen molar-refractivity contribution < 1.29 is 14.3 Å². The minimum Gasteiger partial charge on any atom is -0.444 e. The number of carbonyl (C=O) groups excluding carboxylic acids is 1. The minimum atomic E-state index is -0.516. The number of ether oxygens (including phenoxy) is 2. The quantitative estimate of drug-likeness (QED) is 0.293. The fraction of sp³-hybridized carbons (Fsp3) is 0.375. The van der Waals surface area contributed by atoms with Gasteiger partial charge in [-0.05, 0) is 50.8 Å². The van der Waals surface area contributed by atoms with Crippen molar-refractivity contribution in [3.63, 3.8) is 0 Å². The fourth-order valence-electron chi connectivity index (χ4n) is 5.60. The molecule has 40 heavy (non-hydrogen) atoms. The third-order valence-electron chi connectivity index (χ3n) is 7.71. The summed E-state index contributed by atoms with van der Waals surface area (Å²) in [5, 5.41) is 14.9. The van der Waals surface area contributed by atoms with Crippen LogP contribution in [-0.2, 0) is 9.47 Å². The van der Waals surface area contributed by atoms with Gasteiger partial charge >= 0.3 is 6.09 Å². The van der Waals surface area contributed by atoms with E-state index in [2.05, 4.69) is 35.3 Å². The van der Waals surface area contributed by atoms with E-state index in [1.165, 1.54) is 5.56 Å². The first-order chi connectivity index (χ1) is 19.3. The highest BCUT2D eigenvalue weighted by Gasteiger charge is 2.33. The Hall–Kier alpha value is -4.22. The van der Waals surface area contributed by atoms with Crippen molar-refractivity contribution in [1.29, 1.82) is 5.26 Å². The summed E-state index contributed by atoms with van der Waals surface area (Å²) in [5.41, 5.74) is 5.33. The summed E-state index contributed by atoms with van der Waals surface area (Å²) in [7, 11) is 0. The van der Waals surface area contributed by atoms with Gasteiger partial charge in [0, 0.05) is 42.9 Å². The minimum absolute atomic E-state index is 0.0654. The molecule has 4 heterocycles. The van der Waals surface area contributed by atoms with Gasteiger partial charge in [0.2, 0.25) is 0 Å². The molecule has 8 nitrogen and oxygen atoms in total. The zero-order valence-corrected chi connectivity index (χ0v) is 23.1. The van der Waals surface area contributed by atoms with Crippen molar-refractivity contribution in [2.24, 2.45) is 0 Å². The highest BCUT2D eigenvalue weighted by molar-refractivity contribution is 5.75. The van der Waals surface area contributed by atoms with Crippen LogP contribution in [0.1, 0.15) is 80.5 Å². The molecular formula is C32H33N5O3. The van der Waals surface area contributed by atoms with Crippen LogP contribution in [0.25, 0.3) is 16.9 Å². The Labute approximate surface area is 234 Å². The molecule has 2 saturated heterocycles. The molecule has 1 amide bonds. The number of nitriles is 1. The molecule has 0 bridgehead atoms. The van der Waals surface area contributed by atoms with E-state index in [0.29, 0.717) is 30.0 Å². The second-order valence-corrected chi connectivity index (χ2v) is 11.6. The molecule has 0 aliphatic carbocycles. The van der Waals surface area contributed by atoms with Crippen LogP contribution < -0.4 is 0 Å². The van der Waals surface area contributed by atoms with Crippen LogP contribution in [0.5, 0.6) is 0 Å². The van der Waals surface area contributed by atoms with Crippen LogP contribution in [0.15, 0.2) is 66.9 Å². The third kappa shape index (κ3) is 5.05. The smallest absolute Gasteiger partial charge is 0.410 e. The van der Waals surface area contributed by atoms with E-state index in [1.807, 2.05) is 61.7 Å². The SMILES string of the molecule is CC(C)(C)OC(=O)N1CCC(c2ccnc3c(C#N)c(-c4ccc(C5CC(c6ccccc6)O5)cc4)nn23)CC1. The average molecular weight is 536 g/mol. The molecule has 2 fully saturated rings. The molecule has 0 saturated carbocycles. The Kier molecular flexibility index (Phi) is 6.77. The average Bonchev–Trinajstić information content (AvgIpc) is 3.31. The summed E-state index contributed by atoms with van der Waals surface area (Å²) in [4.78, 5) is 18.8. The summed E-state index contributed by atoms with van der Waals surface area (Å²) in [5.74, 6) is 0.194. The van der Waals surface area contributed by atoms with Crippen LogP contribution in [0.4, 0.5) is 4.79 Å². The number of fused-ring (bicyclic) bond motifs is 1. The van der Waals surface area contributed by atoms with Crippen LogP contribution in [0.2, 0.25) is 0 Å². The van der Waals surface area contributed by atoms with E-state index in [9.17, 15) is 10.1 Å². The highest BCUT2D eigenvalue weighted by atomic mass is 16.6. The highest BCUT2D eigenvalue weighted by Crippen LogP contribution is 2.44. The van der Waals surface area contributed by atoms with Gasteiger partial charge in [-0.1, -0.05) is 54.6 Å². The Morgan fingerprint density at radius 2 is 1.65 bits per heavy atom. The second-order valence-electron chi connectivity index (χ2n) is 11.6. The Balaban J connectivity index is 1.19. The summed E-state index contributed by atoms with van der Waals surface area (Å²) >= 11 is 0. The van der Waals surface area contributed by atoms with Gasteiger partial charge in [0.15, 0.2) is 5.65 Å². The first kappa shape index (κ1) is 26.0. The largest absolute Gasteiger partial charge is 0.444 e. The zero-order valence-electron chi connectivity index (χ0n) is 23.1. The van der Waals surface area contributed by atoms with Crippen molar-refractivity contribution >= 4 is 11.7 Å². The number of likely N-dealkylation sites (tertiary alicyclic amines) is 1. The number of hydrogen-bond acceptors (Lipinski definition) is 6. The Morgan fingerprint density at radius 3 is 2.27 bits per heavy atom. The predicted molar refractivity (Wildman–Crippen MR) is 151 cm³/mol. The number of hydrogen-bond donors (Lipinski definition) is 0. The van der Waals surface area contributed by atoms with Gasteiger partial charge in [-0.3, -0.25) is 0 Å². The standard InChI is InChI=1S/C32H33N5O3/c1-32(2,3)40-31(38)36-17-14-21(15-18-36)26-13-16-34-30-25(20-33)29(35-37(26)30)24-11-9-23(10-12-24)28-19-27(39-28)22-7-5-4-6-8-22/h4-13,16,21,27-28H,14-15,17-19H2,1-3H3. The van der Waals surface area contributed by atoms with Gasteiger partial charge in [-0.2, -0.15) is 10.4 Å². The van der Waals surface area contributed by atoms with Crippen molar-refractivity contribution in [2.45, 2.75) is 63.8 Å². The van der Waals surface area contributed by atoms with Crippen molar-refractivity contribution in [3.05, 3.63) is 89.2 Å². The first-order valence-corrected chi connectivity index (χ1v) is 13.9. The lowest BCUT2D eigenvalue weighted by atomic mass is 9.92. The lowest BCUT2D eigenvalue weighted by Crippen LogP contribution is -2.41. The number of aromatic nitrogens is 3. The van der Waals surface area contributed by atoms with Crippen LogP contribution in [0, 0.1) is 11.3 Å². The third-order valence-corrected chi connectivity index (χ3v) is 7.71. The molecule has 204 valence electrons. The lowest BCUT2D eigenvalue weighted by molar-refractivity contribution is -0.130. The second kappa shape index (κ2) is 10.4. The van der Waals surface area contributed by atoms with Crippen LogP contribution in [-0.4, -0.2) is 44.3 Å². The van der Waals surface area contributed by atoms with E-state index in [0.717, 1.165) is 36.1 Å². The van der Waals surface area contributed by atoms with Gasteiger partial charge in [0.25, 0.3) is 0 Å². The Bertz CT molecular complexity index is 1550. The molecule has 4 aromatic rings. The van der Waals surface area contributed by atoms with Gasteiger partial charge in [-0.25, -0.2) is 14.3 Å². The molecule has 0 spiro atoms. The number of benzene rings is 2. The molecule has 2 aliphatic rings. The van der Waals surface area contributed by atoms with Crippen molar-refractivity contribution in [1.82, 2.24) is 19.5 Å². The molecule has 2 aromatic carbocycles. The molecule has 8 heteroatoms. The number of piperidine rings is 1. The van der Waals surface area contributed by atoms with Gasteiger partial charge in [-0.15, -0.1) is 0 Å². The molecule has 0 radical (unpaired) electrons. The normalized spacial score (nSPS) is 19.7. The molecule has 2 aromatic heterocycles. The fourth-order valence-corrected chi connectivity index (χ4v) is 5.60.